The Kier molecular flexibility index (Phi) is 53.3. The molecule has 2 rings (SSSR count). The van der Waals surface area contributed by atoms with E-state index in [0.29, 0.717) is 12.8 Å². The van der Waals surface area contributed by atoms with Crippen LogP contribution in [0.15, 0.2) is 24.3 Å². The van der Waals surface area contributed by atoms with Crippen molar-refractivity contribution in [1.29, 1.82) is 0 Å². The van der Waals surface area contributed by atoms with Crippen LogP contribution in [0.4, 0.5) is 0 Å². The molecule has 2 fully saturated rings. The molecule has 0 radical (unpaired) electrons. The van der Waals surface area contributed by atoms with Crippen molar-refractivity contribution in [3.8, 4) is 0 Å². The van der Waals surface area contributed by atoms with Gasteiger partial charge in [0.1, 0.15) is 62.0 Å². The van der Waals surface area contributed by atoms with Gasteiger partial charge in [-0.1, -0.05) is 141 Å². The van der Waals surface area contributed by atoms with E-state index in [-0.39, 0.29) is 105 Å². The summed E-state index contributed by atoms with van der Waals surface area (Å²) in [6.07, 6.45) is 22.1. The smallest absolute Gasteiger partial charge is 0.462 e. The highest BCUT2D eigenvalue weighted by atomic mass is 31.2. The maximum atomic E-state index is 12.9. The highest BCUT2D eigenvalue weighted by molar-refractivity contribution is 7.47. The molecule has 92 heavy (non-hydrogen) atoms. The summed E-state index contributed by atoms with van der Waals surface area (Å²) >= 11 is 0. The number of ether oxygens (including phenoxy) is 11. The number of amides is 1. The van der Waals surface area contributed by atoms with E-state index in [1.807, 2.05) is 0 Å². The second kappa shape index (κ2) is 57.4. The Balaban J connectivity index is 1.55. The second-order valence-corrected chi connectivity index (χ2v) is 24.7. The minimum atomic E-state index is -4.68. The average molecular weight is 1350 g/mol. The van der Waals surface area contributed by atoms with E-state index >= 15 is 0 Å². The summed E-state index contributed by atoms with van der Waals surface area (Å²) in [5.74, 6) is -1.49. The van der Waals surface area contributed by atoms with E-state index < -0.39 is 113 Å². The number of carbonyl (C=O) groups excluding carboxylic acids is 3. The van der Waals surface area contributed by atoms with Crippen LogP contribution < -0.4 is 5.32 Å². The molecule has 2 unspecified atom stereocenters. The van der Waals surface area contributed by atoms with Crippen LogP contribution in [0, 0.1) is 0 Å². The summed E-state index contributed by atoms with van der Waals surface area (Å²) in [6.45, 7) is 3.13. The minimum absolute atomic E-state index is 0.0627. The van der Waals surface area contributed by atoms with E-state index in [4.69, 9.17) is 61.2 Å². The monoisotopic (exact) mass is 1350 g/mol. The molecule has 2 aliphatic heterocycles. The molecule has 9 N–H and O–H groups in total. The van der Waals surface area contributed by atoms with Crippen molar-refractivity contribution < 1.29 is 121 Å². The van der Waals surface area contributed by atoms with Crippen LogP contribution in [-0.4, -0.2) is 238 Å². The Hall–Kier alpha value is -2.64. The Morgan fingerprint density at radius 2 is 0.913 bits per heavy atom. The largest absolute Gasteiger partial charge is 0.472 e. The predicted molar refractivity (Wildman–Crippen MR) is 341 cm³/mol. The average Bonchev–Trinajstić information content (AvgIpc) is 0.818. The van der Waals surface area contributed by atoms with Crippen LogP contribution >= 0.6 is 7.82 Å². The van der Waals surface area contributed by atoms with E-state index in [0.717, 1.165) is 77.0 Å². The maximum Gasteiger partial charge on any atom is 0.472 e. The topological polar surface area (TPSA) is 362 Å². The van der Waals surface area contributed by atoms with Gasteiger partial charge in [0.2, 0.25) is 5.91 Å². The number of aliphatic hydroxyl groups is 7. The molecule has 540 valence electrons. The maximum absolute atomic E-state index is 12.9. The number of unbranched alkanes of at least 4 members (excludes halogenated alkanes) is 22. The quantitative estimate of drug-likeness (QED) is 0.0136. The summed E-state index contributed by atoms with van der Waals surface area (Å²) in [4.78, 5) is 48.3. The molecule has 0 saturated carbocycles. The molecule has 12 atom stereocenters. The normalized spacial score (nSPS) is 22.9. The first-order valence-electron chi connectivity index (χ1n) is 34.3. The zero-order valence-electron chi connectivity index (χ0n) is 55.4. The molecule has 0 aromatic rings. The van der Waals surface area contributed by atoms with Crippen LogP contribution in [0.2, 0.25) is 0 Å². The molecule has 0 bridgehead atoms. The fraction of sp³-hybridized carbons (Fsp3) is 0.892. The molecule has 2 saturated heterocycles. The highest BCUT2D eigenvalue weighted by Gasteiger charge is 2.50. The molecule has 0 aromatic carbocycles. The zero-order chi connectivity index (χ0) is 67.1. The number of nitrogens with one attached hydrogen (secondary N) is 1. The summed E-state index contributed by atoms with van der Waals surface area (Å²) < 4.78 is 83.1. The lowest BCUT2D eigenvalue weighted by Crippen LogP contribution is -2.64. The molecule has 0 spiro atoms. The summed E-state index contributed by atoms with van der Waals surface area (Å²) in [5.41, 5.74) is 0. The van der Waals surface area contributed by atoms with Crippen LogP contribution in [0.25, 0.3) is 0 Å². The third-order valence-electron chi connectivity index (χ3n) is 15.3. The first-order valence-corrected chi connectivity index (χ1v) is 35.8. The third-order valence-corrected chi connectivity index (χ3v) is 16.3. The van der Waals surface area contributed by atoms with Gasteiger partial charge in [-0.05, 0) is 64.2 Å². The van der Waals surface area contributed by atoms with E-state index in [2.05, 4.69) is 43.5 Å². The first kappa shape index (κ1) is 85.4. The number of carbonyl (C=O) groups is 3. The number of esters is 2. The highest BCUT2D eigenvalue weighted by Crippen LogP contribution is 2.43. The van der Waals surface area contributed by atoms with Gasteiger partial charge in [-0.3, -0.25) is 23.4 Å². The summed E-state index contributed by atoms with van der Waals surface area (Å²) in [5, 5.41) is 73.5. The fourth-order valence-electron chi connectivity index (χ4n) is 9.88. The van der Waals surface area contributed by atoms with Crippen LogP contribution in [-0.2, 0) is 80.1 Å². The lowest BCUT2D eigenvalue weighted by Gasteiger charge is -2.45. The van der Waals surface area contributed by atoms with Crippen molar-refractivity contribution in [2.24, 2.45) is 0 Å². The van der Waals surface area contributed by atoms with Crippen molar-refractivity contribution >= 4 is 25.7 Å². The fourth-order valence-corrected chi connectivity index (χ4v) is 10.6. The van der Waals surface area contributed by atoms with Crippen LogP contribution in [0.3, 0.4) is 0 Å². The number of hydrogen-bond donors (Lipinski definition) is 9. The van der Waals surface area contributed by atoms with Gasteiger partial charge in [-0.2, -0.15) is 0 Å². The zero-order valence-corrected chi connectivity index (χ0v) is 56.3. The molecule has 1 amide bonds. The van der Waals surface area contributed by atoms with Gasteiger partial charge in [0.05, 0.1) is 92.5 Å². The van der Waals surface area contributed by atoms with E-state index in [1.54, 1.807) is 0 Å². The molecule has 2 heterocycles. The summed E-state index contributed by atoms with van der Waals surface area (Å²) in [7, 11) is -4.68. The molecular formula is C65H120NO25P. The Morgan fingerprint density at radius 1 is 0.478 bits per heavy atom. The Morgan fingerprint density at radius 3 is 1.41 bits per heavy atom. The lowest BCUT2D eigenvalue weighted by atomic mass is 9.97. The predicted octanol–water partition coefficient (Wildman–Crippen LogP) is 6.49. The van der Waals surface area contributed by atoms with Crippen LogP contribution in [0.1, 0.15) is 194 Å². The van der Waals surface area contributed by atoms with Crippen molar-refractivity contribution in [3.63, 3.8) is 0 Å². The number of phosphoric ester groups is 1. The number of rotatable bonds is 62. The second-order valence-electron chi connectivity index (χ2n) is 23.3. The van der Waals surface area contributed by atoms with Gasteiger partial charge in [0.15, 0.2) is 18.7 Å². The molecular weight excluding hydrogens is 1230 g/mol. The van der Waals surface area contributed by atoms with Crippen molar-refractivity contribution in [2.45, 2.75) is 261 Å². The molecule has 27 heteroatoms. The van der Waals surface area contributed by atoms with E-state index in [1.165, 1.54) is 77.0 Å². The number of allylic oxidation sites excluding steroid dienone is 4. The number of aliphatic hydroxyl groups excluding tert-OH is 7. The third kappa shape index (κ3) is 43.5. The molecule has 26 nitrogen and oxygen atoms in total. The minimum Gasteiger partial charge on any atom is -0.462 e. The van der Waals surface area contributed by atoms with Gasteiger partial charge in [-0.25, -0.2) is 4.57 Å². The standard InChI is InChI=1S/C65H120NO25P/c1-3-5-7-9-11-13-15-17-19-21-23-25-27-29-31-33-56(70)85-49-52(88-57(71)34-32-30-28-26-24-22-20-18-16-14-12-10-8-6-4-2)50-87-92(77,78)86-36-35-66-55(69)51-83-44-43-81-40-39-79-37-38-80-41-42-82-45-46-84-64-62(76)60(74)63(54(48-68)90-64)91-65-61(75)59(73)58(72)53(47-67)89-65/h17-20,52-54,58-65,67-68,72-76H,3-16,21-51H2,1-2H3,(H,66,69)(H,77,78)/b19-17-,20-18-/t52?,53-,54-,58+,59+,60-,61-,62-,63-,64-,65+/m1/s1. The molecule has 0 aromatic heterocycles. The molecule has 0 aliphatic carbocycles. The number of hydrogen-bond acceptors (Lipinski definition) is 24. The first-order chi connectivity index (χ1) is 44.7. The van der Waals surface area contributed by atoms with Gasteiger partial charge in [-0.15, -0.1) is 0 Å². The lowest BCUT2D eigenvalue weighted by molar-refractivity contribution is -0.359. The SMILES string of the molecule is CCCCCCCC/C=C\CCCCCCCC(=O)OCC(COP(=O)(O)OCCNC(=O)COCCOCCOCCOCCOCCO[C@@H]1O[C@H](CO)[C@@H](O[C@@H]2O[C@H](CO)[C@H](O)[C@H](O)[C@H]2O)[C@H](O)[C@H]1O)OC(=O)CCCCCCC/C=C\CCCCCCCC. The van der Waals surface area contributed by atoms with Crippen LogP contribution in [0.5, 0.6) is 0 Å². The number of phosphoric acid groups is 1. The van der Waals surface area contributed by atoms with Crippen molar-refractivity contribution in [3.05, 3.63) is 24.3 Å². The Bertz CT molecular complexity index is 1890. The molecule has 2 aliphatic rings. The Labute approximate surface area is 547 Å². The van der Waals surface area contributed by atoms with E-state index in [9.17, 15) is 59.6 Å². The van der Waals surface area contributed by atoms with Gasteiger partial charge < -0.3 is 98.1 Å². The van der Waals surface area contributed by atoms with Gasteiger partial charge >= 0.3 is 19.8 Å². The van der Waals surface area contributed by atoms with Crippen molar-refractivity contribution in [1.82, 2.24) is 5.32 Å². The van der Waals surface area contributed by atoms with Gasteiger partial charge in [0, 0.05) is 19.4 Å². The van der Waals surface area contributed by atoms with Crippen molar-refractivity contribution in [2.75, 3.05) is 112 Å². The van der Waals surface area contributed by atoms with Gasteiger partial charge in [0.25, 0.3) is 0 Å². The summed E-state index contributed by atoms with van der Waals surface area (Å²) in [6, 6.07) is 0.